The van der Waals surface area contributed by atoms with E-state index in [1.807, 2.05) is 24.3 Å². The van der Waals surface area contributed by atoms with E-state index in [1.54, 1.807) is 19.2 Å². The number of pyridine rings is 1. The molecule has 0 spiro atoms. The molecule has 0 saturated heterocycles. The van der Waals surface area contributed by atoms with Crippen molar-refractivity contribution in [1.29, 1.82) is 0 Å². The van der Waals surface area contributed by atoms with Crippen LogP contribution in [0, 0.1) is 0 Å². The van der Waals surface area contributed by atoms with Crippen molar-refractivity contribution in [2.45, 2.75) is 0 Å². The van der Waals surface area contributed by atoms with Gasteiger partial charge in [0.1, 0.15) is 5.75 Å². The highest BCUT2D eigenvalue weighted by Gasteiger charge is 2.06. The van der Waals surface area contributed by atoms with Crippen LogP contribution >= 0.6 is 0 Å². The number of hydrogen-bond donors (Lipinski definition) is 2. The maximum absolute atomic E-state index is 12.0. The fourth-order valence-corrected chi connectivity index (χ4v) is 2.16. The van der Waals surface area contributed by atoms with E-state index in [0.717, 1.165) is 16.3 Å². The molecule has 3 aromatic rings. The minimum absolute atomic E-state index is 0.141. The van der Waals surface area contributed by atoms with Crippen LogP contribution in [0.1, 0.15) is 0 Å². The summed E-state index contributed by atoms with van der Waals surface area (Å²) in [5.41, 5.74) is 6.91. The quantitative estimate of drug-likeness (QED) is 0.506. The highest BCUT2D eigenvalue weighted by molar-refractivity contribution is 6.06. The summed E-state index contributed by atoms with van der Waals surface area (Å²) in [7, 11) is 1.60. The van der Waals surface area contributed by atoms with Gasteiger partial charge in [0.2, 0.25) is 0 Å². The molecule has 3 N–H and O–H groups in total. The van der Waals surface area contributed by atoms with Crippen molar-refractivity contribution >= 4 is 27.4 Å². The van der Waals surface area contributed by atoms with Gasteiger partial charge in [-0.25, -0.2) is 0 Å². The molecule has 0 radical (unpaired) electrons. The van der Waals surface area contributed by atoms with Crippen LogP contribution in [0.15, 0.2) is 41.2 Å². The number of anilines is 1. The Morgan fingerprint density at radius 3 is 2.61 bits per heavy atom. The predicted octanol–water partition coefficient (Wildman–Crippen LogP) is 2.27. The van der Waals surface area contributed by atoms with Crippen molar-refractivity contribution in [3.63, 3.8) is 0 Å². The lowest BCUT2D eigenvalue weighted by atomic mass is 10.1. The number of nitrogens with one attached hydrogen (secondary N) is 1. The van der Waals surface area contributed by atoms with Gasteiger partial charge in [0.25, 0.3) is 5.56 Å². The van der Waals surface area contributed by atoms with Crippen LogP contribution in [0.2, 0.25) is 0 Å². The first-order valence-electron chi connectivity index (χ1n) is 5.58. The molecule has 2 aromatic carbocycles. The summed E-state index contributed by atoms with van der Waals surface area (Å²) in [6.45, 7) is 0. The molecule has 0 aliphatic heterocycles. The normalized spacial score (nSPS) is 10.9. The standard InChI is InChI=1S/C14H12N2O2/c1-18-9-3-5-11-10-4-2-8(15)6-12(10)14(17)16-13(11)7-9/h2-7H,15H2,1H3,(H,16,17). The van der Waals surface area contributed by atoms with Gasteiger partial charge >= 0.3 is 0 Å². The van der Waals surface area contributed by atoms with Crippen LogP contribution in [0.4, 0.5) is 5.69 Å². The third kappa shape index (κ3) is 1.50. The summed E-state index contributed by atoms with van der Waals surface area (Å²) >= 11 is 0. The number of methoxy groups -OCH3 is 1. The number of H-pyrrole nitrogens is 1. The van der Waals surface area contributed by atoms with E-state index in [-0.39, 0.29) is 5.56 Å². The van der Waals surface area contributed by atoms with Crippen LogP contribution in [0.3, 0.4) is 0 Å². The van der Waals surface area contributed by atoms with Crippen molar-refractivity contribution < 1.29 is 4.74 Å². The van der Waals surface area contributed by atoms with Crippen LogP contribution in [0.5, 0.6) is 5.75 Å². The van der Waals surface area contributed by atoms with Gasteiger partial charge in [-0.3, -0.25) is 4.79 Å². The average molecular weight is 240 g/mol. The largest absolute Gasteiger partial charge is 0.497 e. The zero-order valence-corrected chi connectivity index (χ0v) is 9.86. The fourth-order valence-electron chi connectivity index (χ4n) is 2.16. The van der Waals surface area contributed by atoms with E-state index in [0.29, 0.717) is 16.8 Å². The number of aromatic nitrogens is 1. The van der Waals surface area contributed by atoms with Gasteiger partial charge in [-0.15, -0.1) is 0 Å². The average Bonchev–Trinajstić information content (AvgIpc) is 2.38. The Bertz CT molecular complexity index is 806. The molecule has 0 aliphatic rings. The Morgan fingerprint density at radius 1 is 1.06 bits per heavy atom. The molecule has 0 bridgehead atoms. The van der Waals surface area contributed by atoms with E-state index in [2.05, 4.69) is 4.98 Å². The Morgan fingerprint density at radius 2 is 1.83 bits per heavy atom. The lowest BCUT2D eigenvalue weighted by Gasteiger charge is -2.06. The fraction of sp³-hybridized carbons (Fsp3) is 0.0714. The van der Waals surface area contributed by atoms with Crippen molar-refractivity contribution in [3.05, 3.63) is 46.8 Å². The van der Waals surface area contributed by atoms with E-state index >= 15 is 0 Å². The lowest BCUT2D eigenvalue weighted by Crippen LogP contribution is -2.06. The van der Waals surface area contributed by atoms with Gasteiger partial charge in [-0.2, -0.15) is 0 Å². The summed E-state index contributed by atoms with van der Waals surface area (Å²) in [6.07, 6.45) is 0. The van der Waals surface area contributed by atoms with Crippen molar-refractivity contribution in [2.75, 3.05) is 12.8 Å². The highest BCUT2D eigenvalue weighted by atomic mass is 16.5. The highest BCUT2D eigenvalue weighted by Crippen LogP contribution is 2.25. The molecule has 0 atom stereocenters. The van der Waals surface area contributed by atoms with Crippen LogP contribution in [0.25, 0.3) is 21.7 Å². The van der Waals surface area contributed by atoms with Gasteiger partial charge < -0.3 is 15.5 Å². The number of hydrogen-bond acceptors (Lipinski definition) is 3. The molecule has 90 valence electrons. The molecule has 1 aromatic heterocycles. The summed E-state index contributed by atoms with van der Waals surface area (Å²) in [5.74, 6) is 0.716. The minimum atomic E-state index is -0.141. The van der Waals surface area contributed by atoms with Gasteiger partial charge in [-0.05, 0) is 29.7 Å². The Kier molecular flexibility index (Phi) is 2.23. The van der Waals surface area contributed by atoms with E-state index < -0.39 is 0 Å². The maximum Gasteiger partial charge on any atom is 0.256 e. The first-order valence-corrected chi connectivity index (χ1v) is 5.58. The first-order chi connectivity index (χ1) is 8.69. The summed E-state index contributed by atoms with van der Waals surface area (Å²) in [5, 5.41) is 2.48. The molecular formula is C14H12N2O2. The number of aromatic amines is 1. The molecule has 0 saturated carbocycles. The summed E-state index contributed by atoms with van der Waals surface area (Å²) in [4.78, 5) is 14.8. The number of benzene rings is 2. The molecule has 0 aliphatic carbocycles. The lowest BCUT2D eigenvalue weighted by molar-refractivity contribution is 0.415. The Balaban J connectivity index is 2.50. The number of rotatable bonds is 1. The molecule has 3 rings (SSSR count). The van der Waals surface area contributed by atoms with E-state index in [9.17, 15) is 4.79 Å². The molecule has 1 heterocycles. The molecule has 4 nitrogen and oxygen atoms in total. The number of nitrogens with two attached hydrogens (primary N) is 1. The monoisotopic (exact) mass is 240 g/mol. The van der Waals surface area contributed by atoms with Gasteiger partial charge in [0.15, 0.2) is 0 Å². The Labute approximate surface area is 103 Å². The molecular weight excluding hydrogens is 228 g/mol. The molecule has 0 amide bonds. The SMILES string of the molecule is COc1ccc2c(c1)[nH]c(=O)c1cc(N)ccc12. The van der Waals surface area contributed by atoms with Gasteiger partial charge in [-0.1, -0.05) is 6.07 Å². The molecule has 0 fully saturated rings. The van der Waals surface area contributed by atoms with Crippen LogP contribution in [-0.4, -0.2) is 12.1 Å². The topological polar surface area (TPSA) is 68.1 Å². The van der Waals surface area contributed by atoms with Crippen LogP contribution in [-0.2, 0) is 0 Å². The second-order valence-corrected chi connectivity index (χ2v) is 4.17. The number of ether oxygens (including phenoxy) is 1. The second kappa shape index (κ2) is 3.77. The summed E-state index contributed by atoms with van der Waals surface area (Å²) < 4.78 is 5.15. The van der Waals surface area contributed by atoms with E-state index in [4.69, 9.17) is 10.5 Å². The second-order valence-electron chi connectivity index (χ2n) is 4.17. The zero-order valence-electron chi connectivity index (χ0n) is 9.86. The third-order valence-corrected chi connectivity index (χ3v) is 3.05. The third-order valence-electron chi connectivity index (χ3n) is 3.05. The number of fused-ring (bicyclic) bond motifs is 3. The molecule has 0 unspecified atom stereocenters. The van der Waals surface area contributed by atoms with Gasteiger partial charge in [0.05, 0.1) is 12.6 Å². The van der Waals surface area contributed by atoms with Crippen molar-refractivity contribution in [3.8, 4) is 5.75 Å². The molecule has 4 heteroatoms. The molecule has 18 heavy (non-hydrogen) atoms. The minimum Gasteiger partial charge on any atom is -0.497 e. The summed E-state index contributed by atoms with van der Waals surface area (Å²) in [6, 6.07) is 11.0. The maximum atomic E-state index is 12.0. The van der Waals surface area contributed by atoms with Crippen LogP contribution < -0.4 is 16.0 Å². The van der Waals surface area contributed by atoms with Gasteiger partial charge in [0, 0.05) is 22.5 Å². The Hall–Kier alpha value is -2.49. The number of nitrogen functional groups attached to an aromatic ring is 1. The first kappa shape index (κ1) is 10.7. The smallest absolute Gasteiger partial charge is 0.256 e. The van der Waals surface area contributed by atoms with Crippen molar-refractivity contribution in [1.82, 2.24) is 4.98 Å². The predicted molar refractivity (Wildman–Crippen MR) is 73.0 cm³/mol. The van der Waals surface area contributed by atoms with Crippen molar-refractivity contribution in [2.24, 2.45) is 0 Å². The zero-order chi connectivity index (χ0) is 12.7. The van der Waals surface area contributed by atoms with E-state index in [1.165, 1.54) is 0 Å².